The summed E-state index contributed by atoms with van der Waals surface area (Å²) in [6.07, 6.45) is 0.728. The standard InChI is InChI=1S/C13H13N3O4/c1-8-11(7-17)9(2)15(14-8)10-4-5-13(20-3)12(6-10)16(18)19/h4-7H,1-3H3. The molecule has 0 saturated carbocycles. The molecule has 1 heterocycles. The Kier molecular flexibility index (Phi) is 3.51. The Morgan fingerprint density at radius 2 is 2.10 bits per heavy atom. The van der Waals surface area contributed by atoms with E-state index in [2.05, 4.69) is 5.10 Å². The van der Waals surface area contributed by atoms with Gasteiger partial charge in [0.1, 0.15) is 0 Å². The van der Waals surface area contributed by atoms with Gasteiger partial charge < -0.3 is 4.74 Å². The van der Waals surface area contributed by atoms with Gasteiger partial charge in [0.15, 0.2) is 12.0 Å². The van der Waals surface area contributed by atoms with Crippen LogP contribution in [-0.2, 0) is 0 Å². The molecule has 0 aliphatic rings. The maximum atomic E-state index is 11.0. The summed E-state index contributed by atoms with van der Waals surface area (Å²) in [5.74, 6) is 0.177. The van der Waals surface area contributed by atoms with E-state index in [0.717, 1.165) is 6.29 Å². The average Bonchev–Trinajstić information content (AvgIpc) is 2.72. The van der Waals surface area contributed by atoms with Gasteiger partial charge in [-0.1, -0.05) is 0 Å². The summed E-state index contributed by atoms with van der Waals surface area (Å²) in [6, 6.07) is 4.53. The lowest BCUT2D eigenvalue weighted by molar-refractivity contribution is -0.385. The van der Waals surface area contributed by atoms with E-state index in [-0.39, 0.29) is 11.4 Å². The monoisotopic (exact) mass is 275 g/mol. The average molecular weight is 275 g/mol. The van der Waals surface area contributed by atoms with E-state index in [1.165, 1.54) is 23.9 Å². The van der Waals surface area contributed by atoms with Crippen molar-refractivity contribution in [3.8, 4) is 11.4 Å². The van der Waals surface area contributed by atoms with Gasteiger partial charge in [0.2, 0.25) is 0 Å². The van der Waals surface area contributed by atoms with Crippen LogP contribution >= 0.6 is 0 Å². The number of carbonyl (C=O) groups is 1. The molecule has 0 aliphatic heterocycles. The van der Waals surface area contributed by atoms with Crippen LogP contribution in [0.25, 0.3) is 5.69 Å². The maximum absolute atomic E-state index is 11.0. The molecule has 0 N–H and O–H groups in total. The van der Waals surface area contributed by atoms with Crippen LogP contribution in [0.5, 0.6) is 5.75 Å². The number of aromatic nitrogens is 2. The summed E-state index contributed by atoms with van der Waals surface area (Å²) in [7, 11) is 1.37. The van der Waals surface area contributed by atoms with Crippen molar-refractivity contribution >= 4 is 12.0 Å². The second kappa shape index (κ2) is 5.12. The molecule has 7 heteroatoms. The molecule has 0 bridgehead atoms. The number of nitrogens with zero attached hydrogens (tertiary/aromatic N) is 3. The summed E-state index contributed by atoms with van der Waals surface area (Å²) in [5, 5.41) is 15.2. The number of benzene rings is 1. The second-order valence-corrected chi connectivity index (χ2v) is 4.23. The SMILES string of the molecule is COc1ccc(-n2nc(C)c(C=O)c2C)cc1[N+](=O)[O-]. The fourth-order valence-corrected chi connectivity index (χ4v) is 2.03. The van der Waals surface area contributed by atoms with Crippen LogP contribution in [0.1, 0.15) is 21.7 Å². The van der Waals surface area contributed by atoms with Crippen molar-refractivity contribution in [1.29, 1.82) is 0 Å². The van der Waals surface area contributed by atoms with Crippen molar-refractivity contribution in [2.45, 2.75) is 13.8 Å². The van der Waals surface area contributed by atoms with E-state index in [1.807, 2.05) is 0 Å². The first-order valence-electron chi connectivity index (χ1n) is 5.83. The third-order valence-corrected chi connectivity index (χ3v) is 3.07. The van der Waals surface area contributed by atoms with Gasteiger partial charge in [-0.3, -0.25) is 14.9 Å². The molecule has 0 radical (unpaired) electrons. The minimum Gasteiger partial charge on any atom is -0.490 e. The smallest absolute Gasteiger partial charge is 0.313 e. The zero-order chi connectivity index (χ0) is 14.9. The first-order valence-corrected chi connectivity index (χ1v) is 5.83. The van der Waals surface area contributed by atoms with Crippen molar-refractivity contribution in [1.82, 2.24) is 9.78 Å². The van der Waals surface area contributed by atoms with E-state index in [1.54, 1.807) is 19.9 Å². The van der Waals surface area contributed by atoms with E-state index >= 15 is 0 Å². The molecule has 0 saturated heterocycles. The van der Waals surface area contributed by atoms with Crippen molar-refractivity contribution in [3.05, 3.63) is 45.3 Å². The lowest BCUT2D eigenvalue weighted by Gasteiger charge is -2.07. The number of nitro groups is 1. The third kappa shape index (κ3) is 2.13. The first kappa shape index (κ1) is 13.7. The van der Waals surface area contributed by atoms with Gasteiger partial charge in [0.05, 0.1) is 34.7 Å². The number of methoxy groups -OCH3 is 1. The first-order chi connectivity index (χ1) is 9.49. The van der Waals surface area contributed by atoms with Crippen LogP contribution in [-0.4, -0.2) is 28.1 Å². The molecule has 1 aromatic carbocycles. The van der Waals surface area contributed by atoms with Crippen molar-refractivity contribution in [2.75, 3.05) is 7.11 Å². The Hall–Kier alpha value is -2.70. The summed E-state index contributed by atoms with van der Waals surface area (Å²) in [5.41, 5.74) is 2.06. The number of aryl methyl sites for hydroxylation is 1. The quantitative estimate of drug-likeness (QED) is 0.485. The molecule has 0 fully saturated rings. The van der Waals surface area contributed by atoms with Gasteiger partial charge in [0, 0.05) is 6.07 Å². The minimum absolute atomic E-state index is 0.148. The van der Waals surface area contributed by atoms with Gasteiger partial charge in [-0.25, -0.2) is 4.68 Å². The molecule has 2 rings (SSSR count). The highest BCUT2D eigenvalue weighted by atomic mass is 16.6. The Balaban J connectivity index is 2.62. The van der Waals surface area contributed by atoms with Crippen LogP contribution in [0, 0.1) is 24.0 Å². The molecule has 0 amide bonds. The molecular weight excluding hydrogens is 262 g/mol. The predicted molar refractivity (Wildman–Crippen MR) is 71.6 cm³/mol. The highest BCUT2D eigenvalue weighted by molar-refractivity contribution is 5.78. The summed E-state index contributed by atoms with van der Waals surface area (Å²) >= 11 is 0. The van der Waals surface area contributed by atoms with Crippen LogP contribution in [0.3, 0.4) is 0 Å². The normalized spacial score (nSPS) is 10.3. The van der Waals surface area contributed by atoms with E-state index in [0.29, 0.717) is 22.6 Å². The number of hydrogen-bond acceptors (Lipinski definition) is 5. The molecule has 0 atom stereocenters. The van der Waals surface area contributed by atoms with Gasteiger partial charge in [0.25, 0.3) is 0 Å². The zero-order valence-electron chi connectivity index (χ0n) is 11.3. The largest absolute Gasteiger partial charge is 0.490 e. The topological polar surface area (TPSA) is 87.3 Å². The molecule has 7 nitrogen and oxygen atoms in total. The number of carbonyl (C=O) groups excluding carboxylic acids is 1. The molecule has 104 valence electrons. The number of rotatable bonds is 4. The summed E-state index contributed by atoms with van der Waals surface area (Å²) in [4.78, 5) is 21.5. The molecule has 0 spiro atoms. The van der Waals surface area contributed by atoms with Crippen molar-refractivity contribution in [2.24, 2.45) is 0 Å². The molecule has 2 aromatic rings. The number of ether oxygens (including phenoxy) is 1. The molecule has 20 heavy (non-hydrogen) atoms. The fraction of sp³-hybridized carbons (Fsp3) is 0.231. The van der Waals surface area contributed by atoms with Crippen molar-refractivity contribution in [3.63, 3.8) is 0 Å². The Morgan fingerprint density at radius 1 is 1.40 bits per heavy atom. The predicted octanol–water partition coefficient (Wildman–Crippen LogP) is 2.22. The van der Waals surface area contributed by atoms with E-state index in [9.17, 15) is 14.9 Å². The number of aldehydes is 1. The number of nitro benzene ring substituents is 1. The molecular formula is C13H13N3O4. The molecule has 1 aromatic heterocycles. The summed E-state index contributed by atoms with van der Waals surface area (Å²) in [6.45, 7) is 3.45. The van der Waals surface area contributed by atoms with Crippen LogP contribution in [0.4, 0.5) is 5.69 Å². The maximum Gasteiger partial charge on any atom is 0.313 e. The van der Waals surface area contributed by atoms with Crippen LogP contribution < -0.4 is 4.74 Å². The Labute approximate surface area is 114 Å². The van der Waals surface area contributed by atoms with Gasteiger partial charge in [-0.05, 0) is 26.0 Å². The molecule has 0 unspecified atom stereocenters. The molecule has 0 aliphatic carbocycles. The number of hydrogen-bond donors (Lipinski definition) is 0. The van der Waals surface area contributed by atoms with Crippen LogP contribution in [0.2, 0.25) is 0 Å². The fourth-order valence-electron chi connectivity index (χ4n) is 2.03. The zero-order valence-corrected chi connectivity index (χ0v) is 11.3. The van der Waals surface area contributed by atoms with Gasteiger partial charge in [-0.2, -0.15) is 5.10 Å². The lowest BCUT2D eigenvalue weighted by atomic mass is 10.2. The Bertz CT molecular complexity index is 691. The highest BCUT2D eigenvalue weighted by Gasteiger charge is 2.18. The van der Waals surface area contributed by atoms with Crippen LogP contribution in [0.15, 0.2) is 18.2 Å². The summed E-state index contributed by atoms with van der Waals surface area (Å²) < 4.78 is 6.46. The second-order valence-electron chi connectivity index (χ2n) is 4.23. The van der Waals surface area contributed by atoms with Gasteiger partial charge >= 0.3 is 5.69 Å². The van der Waals surface area contributed by atoms with Gasteiger partial charge in [-0.15, -0.1) is 0 Å². The highest BCUT2D eigenvalue weighted by Crippen LogP contribution is 2.29. The van der Waals surface area contributed by atoms with Crippen molar-refractivity contribution < 1.29 is 14.5 Å². The lowest BCUT2D eigenvalue weighted by Crippen LogP contribution is -2.02. The van der Waals surface area contributed by atoms with E-state index < -0.39 is 4.92 Å². The minimum atomic E-state index is -0.519. The Morgan fingerprint density at radius 3 is 2.60 bits per heavy atom. The third-order valence-electron chi connectivity index (χ3n) is 3.07. The van der Waals surface area contributed by atoms with E-state index in [4.69, 9.17) is 4.74 Å².